The van der Waals surface area contributed by atoms with Gasteiger partial charge in [-0.3, -0.25) is 4.79 Å². The first-order valence-electron chi connectivity index (χ1n) is 9.89. The molecule has 4 rings (SSSR count). The fourth-order valence-electron chi connectivity index (χ4n) is 3.46. The number of benzene rings is 2. The summed E-state index contributed by atoms with van der Waals surface area (Å²) in [5.74, 6) is 0.692. The van der Waals surface area contributed by atoms with Crippen molar-refractivity contribution in [3.8, 4) is 11.1 Å². The van der Waals surface area contributed by atoms with E-state index >= 15 is 0 Å². The monoisotopic (exact) mass is 406 g/mol. The number of nitrogens with zero attached hydrogens (tertiary/aromatic N) is 3. The zero-order valence-electron chi connectivity index (χ0n) is 16.1. The summed E-state index contributed by atoms with van der Waals surface area (Å²) in [5.41, 5.74) is 3.60. The molecule has 1 saturated heterocycles. The molecule has 2 heterocycles. The van der Waals surface area contributed by atoms with E-state index in [0.29, 0.717) is 17.1 Å². The molecule has 1 fully saturated rings. The lowest BCUT2D eigenvalue weighted by atomic mass is 10.1. The van der Waals surface area contributed by atoms with E-state index in [-0.39, 0.29) is 5.91 Å². The molecule has 3 aromatic rings. The lowest BCUT2D eigenvalue weighted by Crippen LogP contribution is -2.25. The Morgan fingerprint density at radius 3 is 2.45 bits per heavy atom. The normalized spacial score (nSPS) is 13.5. The molecule has 0 radical (unpaired) electrons. The Morgan fingerprint density at radius 2 is 1.72 bits per heavy atom. The number of aromatic nitrogens is 2. The fraction of sp³-hybridized carbons (Fsp3) is 0.261. The van der Waals surface area contributed by atoms with Crippen LogP contribution in [-0.2, 0) is 6.42 Å². The maximum atomic E-state index is 12.5. The van der Waals surface area contributed by atoms with Crippen LogP contribution in [0, 0.1) is 0 Å². The standard InChI is InChI=1S/C23H23ClN4O/c24-21-8-6-17(7-9-21)10-11-25-22(29)19-5-3-4-18(14-19)20-15-26-23(27-16-20)28-12-1-2-13-28/h3-9,14-16H,1-2,10-13H2,(H,25,29). The number of nitrogens with one attached hydrogen (secondary N) is 1. The second-order valence-corrected chi connectivity index (χ2v) is 7.62. The third-order valence-electron chi connectivity index (χ3n) is 5.10. The Bertz CT molecular complexity index is 967. The number of hydrogen-bond acceptors (Lipinski definition) is 4. The van der Waals surface area contributed by atoms with Crippen molar-refractivity contribution < 1.29 is 4.79 Å². The van der Waals surface area contributed by atoms with E-state index in [1.165, 1.54) is 12.8 Å². The molecule has 0 bridgehead atoms. The number of carbonyl (C=O) groups is 1. The van der Waals surface area contributed by atoms with E-state index < -0.39 is 0 Å². The lowest BCUT2D eigenvalue weighted by Gasteiger charge is -2.14. The van der Waals surface area contributed by atoms with Gasteiger partial charge in [0, 0.05) is 48.2 Å². The van der Waals surface area contributed by atoms with Crippen LogP contribution in [0.5, 0.6) is 0 Å². The maximum absolute atomic E-state index is 12.5. The first-order chi connectivity index (χ1) is 14.2. The number of hydrogen-bond donors (Lipinski definition) is 1. The van der Waals surface area contributed by atoms with Crippen molar-refractivity contribution in [2.75, 3.05) is 24.5 Å². The van der Waals surface area contributed by atoms with Crippen molar-refractivity contribution in [1.82, 2.24) is 15.3 Å². The van der Waals surface area contributed by atoms with Crippen LogP contribution in [0.2, 0.25) is 5.02 Å². The highest BCUT2D eigenvalue weighted by Gasteiger charge is 2.15. The van der Waals surface area contributed by atoms with Crippen LogP contribution in [0.4, 0.5) is 5.95 Å². The molecule has 1 aliphatic rings. The molecule has 2 aromatic carbocycles. The quantitative estimate of drug-likeness (QED) is 0.660. The largest absolute Gasteiger partial charge is 0.352 e. The summed E-state index contributed by atoms with van der Waals surface area (Å²) in [6.07, 6.45) is 6.81. The van der Waals surface area contributed by atoms with Gasteiger partial charge in [0.2, 0.25) is 5.95 Å². The smallest absolute Gasteiger partial charge is 0.251 e. The van der Waals surface area contributed by atoms with Gasteiger partial charge in [-0.2, -0.15) is 0 Å². The molecule has 1 N–H and O–H groups in total. The molecule has 0 spiro atoms. The molecule has 0 unspecified atom stereocenters. The minimum Gasteiger partial charge on any atom is -0.352 e. The molecule has 0 atom stereocenters. The average molecular weight is 407 g/mol. The Morgan fingerprint density at radius 1 is 1.00 bits per heavy atom. The van der Waals surface area contributed by atoms with Crippen LogP contribution in [0.15, 0.2) is 60.9 Å². The van der Waals surface area contributed by atoms with E-state index in [1.807, 2.05) is 60.9 Å². The summed E-state index contributed by atoms with van der Waals surface area (Å²) < 4.78 is 0. The highest BCUT2D eigenvalue weighted by Crippen LogP contribution is 2.22. The summed E-state index contributed by atoms with van der Waals surface area (Å²) in [6, 6.07) is 15.2. The topological polar surface area (TPSA) is 58.1 Å². The first kappa shape index (κ1) is 19.4. The van der Waals surface area contributed by atoms with E-state index in [2.05, 4.69) is 20.2 Å². The van der Waals surface area contributed by atoms with Crippen molar-refractivity contribution in [3.63, 3.8) is 0 Å². The fourth-order valence-corrected chi connectivity index (χ4v) is 3.59. The zero-order chi connectivity index (χ0) is 20.1. The number of halogens is 1. The molecular formula is C23H23ClN4O. The van der Waals surface area contributed by atoms with Crippen LogP contribution >= 0.6 is 11.6 Å². The Labute approximate surface area is 175 Å². The van der Waals surface area contributed by atoms with E-state index in [0.717, 1.165) is 42.1 Å². The van der Waals surface area contributed by atoms with Crippen molar-refractivity contribution in [2.24, 2.45) is 0 Å². The Hall–Kier alpha value is -2.92. The highest BCUT2D eigenvalue weighted by atomic mass is 35.5. The minimum absolute atomic E-state index is 0.0876. The molecule has 1 aliphatic heterocycles. The second-order valence-electron chi connectivity index (χ2n) is 7.18. The Kier molecular flexibility index (Phi) is 6.06. The first-order valence-corrected chi connectivity index (χ1v) is 10.3. The van der Waals surface area contributed by atoms with Gasteiger partial charge < -0.3 is 10.2 Å². The molecule has 6 heteroatoms. The van der Waals surface area contributed by atoms with Crippen molar-refractivity contribution in [2.45, 2.75) is 19.3 Å². The summed E-state index contributed by atoms with van der Waals surface area (Å²) >= 11 is 5.90. The minimum atomic E-state index is -0.0876. The molecule has 148 valence electrons. The average Bonchev–Trinajstić information content (AvgIpc) is 3.30. The lowest BCUT2D eigenvalue weighted by molar-refractivity contribution is 0.0954. The van der Waals surface area contributed by atoms with Gasteiger partial charge in [-0.1, -0.05) is 35.9 Å². The van der Waals surface area contributed by atoms with Gasteiger partial charge in [-0.25, -0.2) is 9.97 Å². The highest BCUT2D eigenvalue weighted by molar-refractivity contribution is 6.30. The van der Waals surface area contributed by atoms with Crippen LogP contribution in [0.3, 0.4) is 0 Å². The molecular weight excluding hydrogens is 384 g/mol. The van der Waals surface area contributed by atoms with Gasteiger partial charge in [-0.15, -0.1) is 0 Å². The van der Waals surface area contributed by atoms with Crippen molar-refractivity contribution in [3.05, 3.63) is 77.1 Å². The van der Waals surface area contributed by atoms with Crippen molar-refractivity contribution in [1.29, 1.82) is 0 Å². The molecule has 0 aliphatic carbocycles. The summed E-state index contributed by atoms with van der Waals surface area (Å²) in [7, 11) is 0. The van der Waals surface area contributed by atoms with Gasteiger partial charge in [0.25, 0.3) is 5.91 Å². The number of rotatable bonds is 6. The molecule has 5 nitrogen and oxygen atoms in total. The van der Waals surface area contributed by atoms with Crippen LogP contribution < -0.4 is 10.2 Å². The Balaban J connectivity index is 1.38. The third-order valence-corrected chi connectivity index (χ3v) is 5.35. The van der Waals surface area contributed by atoms with Crippen LogP contribution in [0.1, 0.15) is 28.8 Å². The number of amides is 1. The van der Waals surface area contributed by atoms with Crippen LogP contribution in [0.25, 0.3) is 11.1 Å². The van der Waals surface area contributed by atoms with Gasteiger partial charge in [0.05, 0.1) is 0 Å². The second kappa shape index (κ2) is 9.05. The number of carbonyl (C=O) groups excluding carboxylic acids is 1. The number of anilines is 1. The SMILES string of the molecule is O=C(NCCc1ccc(Cl)cc1)c1cccc(-c2cnc(N3CCCC3)nc2)c1. The zero-order valence-corrected chi connectivity index (χ0v) is 16.9. The molecule has 0 saturated carbocycles. The summed E-state index contributed by atoms with van der Waals surface area (Å²) in [4.78, 5) is 23.7. The van der Waals surface area contributed by atoms with Gasteiger partial charge in [0.1, 0.15) is 0 Å². The molecule has 1 aromatic heterocycles. The molecule has 1 amide bonds. The summed E-state index contributed by atoms with van der Waals surface area (Å²) in [5, 5.41) is 3.69. The van der Waals surface area contributed by atoms with Gasteiger partial charge in [-0.05, 0) is 54.7 Å². The van der Waals surface area contributed by atoms with E-state index in [9.17, 15) is 4.79 Å². The predicted molar refractivity (Wildman–Crippen MR) is 116 cm³/mol. The summed E-state index contributed by atoms with van der Waals surface area (Å²) in [6.45, 7) is 2.61. The van der Waals surface area contributed by atoms with Gasteiger partial charge in [0.15, 0.2) is 0 Å². The van der Waals surface area contributed by atoms with Crippen molar-refractivity contribution >= 4 is 23.5 Å². The predicted octanol–water partition coefficient (Wildman–Crippen LogP) is 4.37. The third kappa shape index (κ3) is 4.93. The van der Waals surface area contributed by atoms with E-state index in [4.69, 9.17) is 11.6 Å². The maximum Gasteiger partial charge on any atom is 0.251 e. The van der Waals surface area contributed by atoms with E-state index in [1.54, 1.807) is 0 Å². The van der Waals surface area contributed by atoms with Crippen LogP contribution in [-0.4, -0.2) is 35.5 Å². The molecule has 29 heavy (non-hydrogen) atoms. The van der Waals surface area contributed by atoms with Gasteiger partial charge >= 0.3 is 0 Å².